The predicted molar refractivity (Wildman–Crippen MR) is 93.4 cm³/mol. The first kappa shape index (κ1) is 18.0. The molecule has 3 N–H and O–H groups in total. The molecule has 128 valence electrons. The number of carbonyl (C=O) groups excluding carboxylic acids is 1. The molecule has 1 saturated carbocycles. The Bertz CT molecular complexity index is 663. The van der Waals surface area contributed by atoms with Crippen LogP contribution in [0.2, 0.25) is 0 Å². The van der Waals surface area contributed by atoms with Crippen LogP contribution in [0.5, 0.6) is 0 Å². The van der Waals surface area contributed by atoms with E-state index in [0.717, 1.165) is 19.3 Å². The Morgan fingerprint density at radius 2 is 1.91 bits per heavy atom. The standard InChI is InChI=1S/C15H21N3O3S.ClH/c16-12-3-2-11(10-12)15(19)17-13-4-6-14(7-5-13)18-8-1-9-22(18,20)21;/h4-7,11-12H,1-3,8-10,16H2,(H,17,19);1H. The van der Waals surface area contributed by atoms with Gasteiger partial charge in [-0.3, -0.25) is 9.10 Å². The summed E-state index contributed by atoms with van der Waals surface area (Å²) in [5.74, 6) is 0.177. The van der Waals surface area contributed by atoms with Crippen LogP contribution < -0.4 is 15.4 Å². The third kappa shape index (κ3) is 3.97. The van der Waals surface area contributed by atoms with Crippen molar-refractivity contribution < 1.29 is 13.2 Å². The highest BCUT2D eigenvalue weighted by molar-refractivity contribution is 7.93. The van der Waals surface area contributed by atoms with Crippen molar-refractivity contribution in [3.63, 3.8) is 0 Å². The second-order valence-electron chi connectivity index (χ2n) is 6.05. The van der Waals surface area contributed by atoms with Crippen LogP contribution in [0.1, 0.15) is 25.7 Å². The zero-order chi connectivity index (χ0) is 15.7. The van der Waals surface area contributed by atoms with Gasteiger partial charge in [0.15, 0.2) is 0 Å². The number of sulfonamides is 1. The van der Waals surface area contributed by atoms with Crippen molar-refractivity contribution >= 4 is 39.7 Å². The molecule has 1 aliphatic heterocycles. The second kappa shape index (κ2) is 7.07. The van der Waals surface area contributed by atoms with E-state index < -0.39 is 10.0 Å². The van der Waals surface area contributed by atoms with E-state index in [2.05, 4.69) is 5.32 Å². The molecule has 1 aliphatic carbocycles. The summed E-state index contributed by atoms with van der Waals surface area (Å²) in [6.45, 7) is 0.522. The van der Waals surface area contributed by atoms with Crippen molar-refractivity contribution in [1.82, 2.24) is 0 Å². The van der Waals surface area contributed by atoms with Gasteiger partial charge in [-0.2, -0.15) is 0 Å². The number of rotatable bonds is 3. The van der Waals surface area contributed by atoms with Crippen LogP contribution in [0, 0.1) is 5.92 Å². The average molecular weight is 360 g/mol. The highest BCUT2D eigenvalue weighted by atomic mass is 35.5. The summed E-state index contributed by atoms with van der Waals surface area (Å²) in [7, 11) is -3.16. The Kier molecular flexibility index (Phi) is 5.54. The SMILES string of the molecule is Cl.NC1CCC(C(=O)Nc2ccc(N3CCCS3(=O)=O)cc2)C1. The average Bonchev–Trinajstić information content (AvgIpc) is 3.05. The maximum atomic E-state index is 12.1. The molecular formula is C15H22ClN3O3S. The van der Waals surface area contributed by atoms with Gasteiger partial charge in [0.05, 0.1) is 11.4 Å². The lowest BCUT2D eigenvalue weighted by Gasteiger charge is -2.17. The topological polar surface area (TPSA) is 92.5 Å². The molecule has 2 unspecified atom stereocenters. The predicted octanol–water partition coefficient (Wildman–Crippen LogP) is 1.71. The smallest absolute Gasteiger partial charge is 0.235 e. The molecule has 0 radical (unpaired) electrons. The van der Waals surface area contributed by atoms with Crippen LogP contribution in [-0.4, -0.2) is 32.7 Å². The van der Waals surface area contributed by atoms with Gasteiger partial charge in [0.2, 0.25) is 15.9 Å². The van der Waals surface area contributed by atoms with Gasteiger partial charge in [-0.1, -0.05) is 0 Å². The number of nitrogens with zero attached hydrogens (tertiary/aromatic N) is 1. The van der Waals surface area contributed by atoms with Crippen molar-refractivity contribution in [3.05, 3.63) is 24.3 Å². The van der Waals surface area contributed by atoms with E-state index in [1.807, 2.05) is 0 Å². The normalized spacial score (nSPS) is 25.9. The van der Waals surface area contributed by atoms with Gasteiger partial charge in [0.1, 0.15) is 0 Å². The van der Waals surface area contributed by atoms with Crippen molar-refractivity contribution in [2.24, 2.45) is 11.7 Å². The van der Waals surface area contributed by atoms with E-state index in [-0.39, 0.29) is 36.0 Å². The van der Waals surface area contributed by atoms with Crippen LogP contribution in [0.25, 0.3) is 0 Å². The molecule has 2 atom stereocenters. The van der Waals surface area contributed by atoms with Crippen molar-refractivity contribution in [2.75, 3.05) is 21.9 Å². The van der Waals surface area contributed by atoms with Gasteiger partial charge < -0.3 is 11.1 Å². The second-order valence-corrected chi connectivity index (χ2v) is 8.06. The Balaban J connectivity index is 0.00000192. The lowest BCUT2D eigenvalue weighted by Crippen LogP contribution is -2.25. The number of anilines is 2. The number of amides is 1. The number of nitrogens with two attached hydrogens (primary N) is 1. The maximum absolute atomic E-state index is 12.1. The van der Waals surface area contributed by atoms with Gasteiger partial charge in [0.25, 0.3) is 0 Å². The first-order valence-electron chi connectivity index (χ1n) is 7.62. The quantitative estimate of drug-likeness (QED) is 0.859. The Morgan fingerprint density at radius 1 is 1.22 bits per heavy atom. The number of hydrogen-bond donors (Lipinski definition) is 2. The highest BCUT2D eigenvalue weighted by Crippen LogP contribution is 2.27. The Labute approximate surface area is 142 Å². The number of benzene rings is 1. The molecule has 1 aromatic carbocycles. The summed E-state index contributed by atoms with van der Waals surface area (Å²) in [6.07, 6.45) is 3.11. The highest BCUT2D eigenvalue weighted by Gasteiger charge is 2.29. The van der Waals surface area contributed by atoms with Crippen LogP contribution in [-0.2, 0) is 14.8 Å². The Morgan fingerprint density at radius 3 is 2.43 bits per heavy atom. The molecule has 3 rings (SSSR count). The van der Waals surface area contributed by atoms with E-state index in [0.29, 0.717) is 24.3 Å². The van der Waals surface area contributed by atoms with E-state index in [9.17, 15) is 13.2 Å². The molecular weight excluding hydrogens is 338 g/mol. The van der Waals surface area contributed by atoms with Gasteiger partial charge in [0, 0.05) is 24.2 Å². The van der Waals surface area contributed by atoms with Gasteiger partial charge in [-0.15, -0.1) is 12.4 Å². The molecule has 0 aromatic heterocycles. The maximum Gasteiger partial charge on any atom is 0.235 e. The van der Waals surface area contributed by atoms with E-state index >= 15 is 0 Å². The van der Waals surface area contributed by atoms with E-state index in [4.69, 9.17) is 5.73 Å². The van der Waals surface area contributed by atoms with E-state index in [1.54, 1.807) is 24.3 Å². The van der Waals surface area contributed by atoms with Gasteiger partial charge in [-0.05, 0) is 49.9 Å². The minimum absolute atomic E-state index is 0. The van der Waals surface area contributed by atoms with Crippen LogP contribution >= 0.6 is 12.4 Å². The summed E-state index contributed by atoms with van der Waals surface area (Å²) >= 11 is 0. The fourth-order valence-electron chi connectivity index (χ4n) is 3.14. The van der Waals surface area contributed by atoms with Crippen molar-refractivity contribution in [2.45, 2.75) is 31.7 Å². The first-order valence-corrected chi connectivity index (χ1v) is 9.23. The molecule has 8 heteroatoms. The fraction of sp³-hybridized carbons (Fsp3) is 0.533. The van der Waals surface area contributed by atoms with Gasteiger partial charge in [-0.25, -0.2) is 8.42 Å². The molecule has 1 saturated heterocycles. The van der Waals surface area contributed by atoms with Crippen LogP contribution in [0.15, 0.2) is 24.3 Å². The van der Waals surface area contributed by atoms with E-state index in [1.165, 1.54) is 4.31 Å². The minimum Gasteiger partial charge on any atom is -0.328 e. The third-order valence-corrected chi connectivity index (χ3v) is 6.24. The number of carbonyl (C=O) groups is 1. The molecule has 6 nitrogen and oxygen atoms in total. The minimum atomic E-state index is -3.16. The first-order chi connectivity index (χ1) is 10.5. The molecule has 1 heterocycles. The molecule has 1 amide bonds. The zero-order valence-corrected chi connectivity index (χ0v) is 14.4. The summed E-state index contributed by atoms with van der Waals surface area (Å²) < 4.78 is 25.2. The lowest BCUT2D eigenvalue weighted by molar-refractivity contribution is -0.119. The molecule has 1 aromatic rings. The largest absolute Gasteiger partial charge is 0.328 e. The molecule has 2 aliphatic rings. The lowest BCUT2D eigenvalue weighted by atomic mass is 10.1. The van der Waals surface area contributed by atoms with Crippen molar-refractivity contribution in [1.29, 1.82) is 0 Å². The molecule has 2 fully saturated rings. The molecule has 23 heavy (non-hydrogen) atoms. The van der Waals surface area contributed by atoms with Crippen LogP contribution in [0.3, 0.4) is 0 Å². The summed E-state index contributed by atoms with van der Waals surface area (Å²) in [5, 5.41) is 2.88. The zero-order valence-electron chi connectivity index (χ0n) is 12.8. The summed E-state index contributed by atoms with van der Waals surface area (Å²) in [6, 6.07) is 7.09. The number of nitrogens with one attached hydrogen (secondary N) is 1. The Hall–Kier alpha value is -1.31. The summed E-state index contributed by atoms with van der Waals surface area (Å²) in [4.78, 5) is 12.1. The summed E-state index contributed by atoms with van der Waals surface area (Å²) in [5.41, 5.74) is 7.17. The molecule has 0 spiro atoms. The molecule has 0 bridgehead atoms. The fourth-order valence-corrected chi connectivity index (χ4v) is 4.70. The number of halogens is 1. The van der Waals surface area contributed by atoms with Gasteiger partial charge >= 0.3 is 0 Å². The van der Waals surface area contributed by atoms with Crippen LogP contribution in [0.4, 0.5) is 11.4 Å². The third-order valence-electron chi connectivity index (χ3n) is 4.37. The monoisotopic (exact) mass is 359 g/mol. The van der Waals surface area contributed by atoms with Crippen molar-refractivity contribution in [3.8, 4) is 0 Å². The number of hydrogen-bond acceptors (Lipinski definition) is 4.